The molecule has 27 heavy (non-hydrogen) atoms. The topological polar surface area (TPSA) is 78.6 Å². The fraction of sp³-hybridized carbons (Fsp3) is 0.714. The van der Waals surface area contributed by atoms with E-state index < -0.39 is 10.3 Å². The number of nitrogens with two attached hydrogens (primary N) is 1. The quantitative estimate of drug-likeness (QED) is 0.827. The van der Waals surface area contributed by atoms with Crippen molar-refractivity contribution < 1.29 is 17.3 Å². The molecule has 0 heterocycles. The van der Waals surface area contributed by atoms with Gasteiger partial charge in [-0.2, -0.15) is 13.6 Å². The molecule has 150 valence electrons. The van der Waals surface area contributed by atoms with Crippen molar-refractivity contribution in [1.82, 2.24) is 0 Å². The lowest BCUT2D eigenvalue weighted by Crippen LogP contribution is -2.45. The molecule has 4 rings (SSSR count). The van der Waals surface area contributed by atoms with Gasteiger partial charge < -0.3 is 8.92 Å². The lowest BCUT2D eigenvalue weighted by atomic mass is 9.49. The summed E-state index contributed by atoms with van der Waals surface area (Å²) in [4.78, 5) is 0. The van der Waals surface area contributed by atoms with Crippen molar-refractivity contribution in [3.8, 4) is 11.5 Å². The Morgan fingerprint density at radius 3 is 2.67 bits per heavy atom. The predicted molar refractivity (Wildman–Crippen MR) is 105 cm³/mol. The fourth-order valence-corrected chi connectivity index (χ4v) is 6.89. The second kappa shape index (κ2) is 6.96. The van der Waals surface area contributed by atoms with E-state index in [1.165, 1.54) is 62.5 Å². The highest BCUT2D eigenvalue weighted by atomic mass is 32.2. The Bertz CT molecular complexity index is 822. The number of rotatable bonds is 4. The maximum absolute atomic E-state index is 11.4. The zero-order valence-electron chi connectivity index (χ0n) is 16.4. The number of ether oxygens (including phenoxy) is 1. The van der Waals surface area contributed by atoms with Gasteiger partial charge >= 0.3 is 10.3 Å². The molecule has 4 atom stereocenters. The van der Waals surface area contributed by atoms with Crippen LogP contribution in [0.1, 0.15) is 75.3 Å². The lowest BCUT2D eigenvalue weighted by molar-refractivity contribution is -0.0215. The molecule has 2 saturated carbocycles. The molecule has 0 bridgehead atoms. The molecule has 5 nitrogen and oxygen atoms in total. The fourth-order valence-electron chi connectivity index (χ4n) is 6.50. The van der Waals surface area contributed by atoms with Crippen LogP contribution in [-0.4, -0.2) is 15.5 Å². The highest BCUT2D eigenvalue weighted by molar-refractivity contribution is 7.84. The van der Waals surface area contributed by atoms with Crippen LogP contribution in [-0.2, 0) is 16.7 Å². The summed E-state index contributed by atoms with van der Waals surface area (Å²) in [7, 11) is -2.52. The molecular formula is C21H31NO4S. The number of fused-ring (bicyclic) bond motifs is 5. The largest absolute Gasteiger partial charge is 0.493 e. The smallest absolute Gasteiger partial charge is 0.380 e. The Kier molecular flexibility index (Phi) is 4.91. The maximum Gasteiger partial charge on any atom is 0.380 e. The van der Waals surface area contributed by atoms with Crippen molar-refractivity contribution in [3.05, 3.63) is 23.3 Å². The first-order valence-corrected chi connectivity index (χ1v) is 11.8. The van der Waals surface area contributed by atoms with Crippen molar-refractivity contribution in [2.24, 2.45) is 22.4 Å². The van der Waals surface area contributed by atoms with Crippen LogP contribution in [0.15, 0.2) is 12.1 Å². The molecular weight excluding hydrogens is 362 g/mol. The summed E-state index contributed by atoms with van der Waals surface area (Å²) >= 11 is 0. The van der Waals surface area contributed by atoms with E-state index in [0.29, 0.717) is 17.1 Å². The van der Waals surface area contributed by atoms with Gasteiger partial charge in [0.25, 0.3) is 0 Å². The van der Waals surface area contributed by atoms with Crippen LogP contribution in [0.2, 0.25) is 0 Å². The molecule has 2 N–H and O–H groups in total. The summed E-state index contributed by atoms with van der Waals surface area (Å²) in [6.07, 6.45) is 11.5. The van der Waals surface area contributed by atoms with E-state index in [1.807, 2.05) is 12.1 Å². The summed E-state index contributed by atoms with van der Waals surface area (Å²) in [5.74, 6) is 2.78. The lowest BCUT2D eigenvalue weighted by Gasteiger charge is -2.55. The van der Waals surface area contributed by atoms with E-state index >= 15 is 0 Å². The normalized spacial score (nSPS) is 32.8. The van der Waals surface area contributed by atoms with Gasteiger partial charge in [-0.05, 0) is 85.0 Å². The van der Waals surface area contributed by atoms with Crippen molar-refractivity contribution in [1.29, 1.82) is 0 Å². The predicted octanol–water partition coefficient (Wildman–Crippen LogP) is 4.30. The Morgan fingerprint density at radius 2 is 1.96 bits per heavy atom. The number of benzene rings is 1. The van der Waals surface area contributed by atoms with Gasteiger partial charge in [-0.3, -0.25) is 0 Å². The number of hydrogen-bond acceptors (Lipinski definition) is 4. The van der Waals surface area contributed by atoms with Gasteiger partial charge in [0, 0.05) is 0 Å². The third kappa shape index (κ3) is 3.35. The standard InChI is InChI=1S/C21H31NO4S/c1-3-21-10-5-4-6-18(21)16-8-7-14-12-20(26-27(22,23)24)19(25-2)13-17(14)15(16)9-11-21/h12-13,15-16,18H,3-11H2,1-2H3,(H2,22,23,24)/t15?,16?,18?,21-/m0/s1. The average molecular weight is 394 g/mol. The van der Waals surface area contributed by atoms with Crippen molar-refractivity contribution >= 4 is 10.3 Å². The first-order valence-electron chi connectivity index (χ1n) is 10.3. The number of aryl methyl sites for hydroxylation is 1. The Balaban J connectivity index is 1.70. The molecule has 3 aliphatic rings. The molecule has 1 aromatic carbocycles. The summed E-state index contributed by atoms with van der Waals surface area (Å²) in [6.45, 7) is 2.38. The highest BCUT2D eigenvalue weighted by Crippen LogP contribution is 2.61. The Morgan fingerprint density at radius 1 is 1.15 bits per heavy atom. The van der Waals surface area contributed by atoms with E-state index in [4.69, 9.17) is 14.1 Å². The summed E-state index contributed by atoms with van der Waals surface area (Å²) in [5.41, 5.74) is 3.08. The summed E-state index contributed by atoms with van der Waals surface area (Å²) < 4.78 is 33.2. The van der Waals surface area contributed by atoms with Gasteiger partial charge in [-0.1, -0.05) is 26.2 Å². The second-order valence-electron chi connectivity index (χ2n) is 8.69. The van der Waals surface area contributed by atoms with Crippen LogP contribution in [0.4, 0.5) is 0 Å². The Labute approximate surface area is 162 Å². The highest BCUT2D eigenvalue weighted by Gasteiger charge is 2.50. The van der Waals surface area contributed by atoms with Crippen LogP contribution in [0.5, 0.6) is 11.5 Å². The molecule has 6 heteroatoms. The van der Waals surface area contributed by atoms with Crippen molar-refractivity contribution in [3.63, 3.8) is 0 Å². The van der Waals surface area contributed by atoms with Crippen LogP contribution >= 0.6 is 0 Å². The molecule has 0 saturated heterocycles. The summed E-state index contributed by atoms with van der Waals surface area (Å²) in [6, 6.07) is 3.84. The molecule has 0 aliphatic heterocycles. The molecule has 3 aliphatic carbocycles. The van der Waals surface area contributed by atoms with Crippen molar-refractivity contribution in [2.75, 3.05) is 7.11 Å². The van der Waals surface area contributed by atoms with Gasteiger partial charge in [-0.25, -0.2) is 0 Å². The van der Waals surface area contributed by atoms with Gasteiger partial charge in [0.2, 0.25) is 0 Å². The van der Waals surface area contributed by atoms with E-state index in [9.17, 15) is 8.42 Å². The molecule has 0 spiro atoms. The van der Waals surface area contributed by atoms with Gasteiger partial charge in [-0.15, -0.1) is 0 Å². The van der Waals surface area contributed by atoms with Crippen LogP contribution in [0, 0.1) is 17.3 Å². The van der Waals surface area contributed by atoms with E-state index in [2.05, 4.69) is 6.92 Å². The molecule has 0 amide bonds. The minimum atomic E-state index is -4.07. The van der Waals surface area contributed by atoms with Gasteiger partial charge in [0.1, 0.15) is 0 Å². The molecule has 3 unspecified atom stereocenters. The summed E-state index contributed by atoms with van der Waals surface area (Å²) in [5, 5.41) is 5.07. The van der Waals surface area contributed by atoms with Crippen molar-refractivity contribution in [2.45, 2.75) is 70.6 Å². The molecule has 1 aromatic rings. The Hall–Kier alpha value is -1.27. The zero-order valence-corrected chi connectivity index (χ0v) is 17.2. The maximum atomic E-state index is 11.4. The van der Waals surface area contributed by atoms with E-state index in [-0.39, 0.29) is 5.75 Å². The third-order valence-electron chi connectivity index (χ3n) is 7.70. The monoisotopic (exact) mass is 393 g/mol. The first kappa shape index (κ1) is 19.1. The zero-order chi connectivity index (χ0) is 19.2. The van der Waals surface area contributed by atoms with E-state index in [1.54, 1.807) is 7.11 Å². The van der Waals surface area contributed by atoms with Gasteiger partial charge in [0.05, 0.1) is 7.11 Å². The number of hydrogen-bond donors (Lipinski definition) is 1. The molecule has 0 radical (unpaired) electrons. The minimum absolute atomic E-state index is 0.202. The second-order valence-corrected chi connectivity index (χ2v) is 9.85. The first-order chi connectivity index (χ1) is 12.9. The molecule has 0 aromatic heterocycles. The van der Waals surface area contributed by atoms with Crippen LogP contribution < -0.4 is 14.1 Å². The van der Waals surface area contributed by atoms with Crippen LogP contribution in [0.3, 0.4) is 0 Å². The van der Waals surface area contributed by atoms with Gasteiger partial charge in [0.15, 0.2) is 11.5 Å². The van der Waals surface area contributed by atoms with Crippen LogP contribution in [0.25, 0.3) is 0 Å². The average Bonchev–Trinajstić information content (AvgIpc) is 2.65. The van der Waals surface area contributed by atoms with E-state index in [0.717, 1.165) is 18.3 Å². The SMILES string of the molecule is CC[C@@]12CCCCC1C1CCc3cc(OS(N)(=O)=O)c(OC)cc3C1CC2. The minimum Gasteiger partial charge on any atom is -0.493 e. The number of methoxy groups -OCH3 is 1. The molecule has 2 fully saturated rings. The third-order valence-corrected chi connectivity index (χ3v) is 8.11.